The van der Waals surface area contributed by atoms with E-state index in [-0.39, 0.29) is 24.0 Å². The third kappa shape index (κ3) is 1.93. The Balaban J connectivity index is 0.000000980. The van der Waals surface area contributed by atoms with Crippen LogP contribution in [-0.2, 0) is 6.54 Å². The SMILES string of the molecule is CC[n+]1c(C)sc2cc(C)ccc21.[I-]. The van der Waals surface area contributed by atoms with Crippen LogP contribution in [-0.4, -0.2) is 0 Å². The third-order valence-electron chi connectivity index (χ3n) is 2.36. The number of rotatable bonds is 1. The number of thiazole rings is 1. The Labute approximate surface area is 106 Å². The molecule has 0 N–H and O–H groups in total. The van der Waals surface area contributed by atoms with Crippen LogP contribution in [0.4, 0.5) is 0 Å². The Kier molecular flexibility index (Phi) is 3.89. The highest BCUT2D eigenvalue weighted by Crippen LogP contribution is 2.20. The molecule has 1 heterocycles. The van der Waals surface area contributed by atoms with Gasteiger partial charge in [0.25, 0.3) is 0 Å². The number of hydrogen-bond donors (Lipinski definition) is 0. The van der Waals surface area contributed by atoms with Gasteiger partial charge in [0.2, 0.25) is 10.5 Å². The molecular formula is C11H14INS. The molecule has 1 aromatic carbocycles. The topological polar surface area (TPSA) is 3.88 Å². The summed E-state index contributed by atoms with van der Waals surface area (Å²) < 4.78 is 3.76. The molecule has 76 valence electrons. The Morgan fingerprint density at radius 3 is 2.64 bits per heavy atom. The number of hydrogen-bond acceptors (Lipinski definition) is 1. The van der Waals surface area contributed by atoms with Crippen molar-refractivity contribution in [1.29, 1.82) is 0 Å². The van der Waals surface area contributed by atoms with Crippen molar-refractivity contribution in [3.8, 4) is 0 Å². The van der Waals surface area contributed by atoms with E-state index in [1.165, 1.54) is 20.8 Å². The van der Waals surface area contributed by atoms with E-state index in [1.54, 1.807) is 0 Å². The molecule has 0 unspecified atom stereocenters. The summed E-state index contributed by atoms with van der Waals surface area (Å²) in [5, 5.41) is 1.39. The molecule has 0 saturated carbocycles. The van der Waals surface area contributed by atoms with Crippen LogP contribution in [0.5, 0.6) is 0 Å². The van der Waals surface area contributed by atoms with Gasteiger partial charge in [0.15, 0.2) is 0 Å². The quantitative estimate of drug-likeness (QED) is 0.508. The monoisotopic (exact) mass is 319 g/mol. The second kappa shape index (κ2) is 4.57. The molecule has 0 aliphatic rings. The predicted molar refractivity (Wildman–Crippen MR) is 57.2 cm³/mol. The first-order valence-electron chi connectivity index (χ1n) is 4.62. The highest BCUT2D eigenvalue weighted by Gasteiger charge is 2.14. The van der Waals surface area contributed by atoms with Gasteiger partial charge >= 0.3 is 0 Å². The molecule has 2 aromatic rings. The number of benzene rings is 1. The summed E-state index contributed by atoms with van der Waals surface area (Å²) in [7, 11) is 0. The largest absolute Gasteiger partial charge is 1.00 e. The number of nitrogens with zero attached hydrogens (tertiary/aromatic N) is 1. The van der Waals surface area contributed by atoms with Crippen molar-refractivity contribution in [3.05, 3.63) is 28.8 Å². The number of fused-ring (bicyclic) bond motifs is 1. The summed E-state index contributed by atoms with van der Waals surface area (Å²) >= 11 is 1.88. The second-order valence-electron chi connectivity index (χ2n) is 3.34. The van der Waals surface area contributed by atoms with E-state index in [1.807, 2.05) is 11.3 Å². The zero-order valence-electron chi connectivity index (χ0n) is 8.67. The van der Waals surface area contributed by atoms with Crippen molar-refractivity contribution in [2.45, 2.75) is 27.3 Å². The zero-order chi connectivity index (χ0) is 9.42. The molecule has 0 saturated heterocycles. The summed E-state index contributed by atoms with van der Waals surface area (Å²) in [6.07, 6.45) is 0. The van der Waals surface area contributed by atoms with Crippen molar-refractivity contribution in [1.82, 2.24) is 0 Å². The molecule has 0 spiro atoms. The van der Waals surface area contributed by atoms with Crippen LogP contribution in [0.25, 0.3) is 10.2 Å². The van der Waals surface area contributed by atoms with Gasteiger partial charge in [0, 0.05) is 13.0 Å². The summed E-state index contributed by atoms with van der Waals surface area (Å²) in [6, 6.07) is 6.66. The van der Waals surface area contributed by atoms with E-state index in [0.717, 1.165) is 6.54 Å². The lowest BCUT2D eigenvalue weighted by atomic mass is 10.2. The summed E-state index contributed by atoms with van der Waals surface area (Å²) in [5.41, 5.74) is 2.72. The molecular weight excluding hydrogens is 305 g/mol. The second-order valence-corrected chi connectivity index (χ2v) is 4.57. The first-order chi connectivity index (χ1) is 6.22. The Morgan fingerprint density at radius 2 is 2.00 bits per heavy atom. The summed E-state index contributed by atoms with van der Waals surface area (Å²) in [5.74, 6) is 0. The molecule has 0 bridgehead atoms. The van der Waals surface area contributed by atoms with Crippen molar-refractivity contribution in [2.24, 2.45) is 0 Å². The summed E-state index contributed by atoms with van der Waals surface area (Å²) in [4.78, 5) is 0. The van der Waals surface area contributed by atoms with Gasteiger partial charge in [0.1, 0.15) is 11.2 Å². The van der Waals surface area contributed by atoms with Gasteiger partial charge < -0.3 is 24.0 Å². The minimum absolute atomic E-state index is 0. The van der Waals surface area contributed by atoms with Gasteiger partial charge in [-0.1, -0.05) is 17.4 Å². The van der Waals surface area contributed by atoms with E-state index in [2.05, 4.69) is 43.5 Å². The predicted octanol–water partition coefficient (Wildman–Crippen LogP) is -0.170. The molecule has 0 aliphatic heterocycles. The Morgan fingerprint density at radius 1 is 1.29 bits per heavy atom. The fourth-order valence-electron chi connectivity index (χ4n) is 1.70. The van der Waals surface area contributed by atoms with Gasteiger partial charge in [-0.25, -0.2) is 0 Å². The minimum atomic E-state index is 0. The Hall–Kier alpha value is -0.160. The van der Waals surface area contributed by atoms with Crippen LogP contribution >= 0.6 is 11.3 Å². The summed E-state index contributed by atoms with van der Waals surface area (Å²) in [6.45, 7) is 7.59. The Bertz CT molecular complexity index is 448. The lowest BCUT2D eigenvalue weighted by Gasteiger charge is -1.91. The standard InChI is InChI=1S/C11H14NS.HI/c1-4-12-9(3)13-11-7-8(2)5-6-10(11)12;/h5-7H,4H2,1-3H3;1H/q+1;/p-1. The lowest BCUT2D eigenvalue weighted by Crippen LogP contribution is -3.00. The minimum Gasteiger partial charge on any atom is -1.00 e. The molecule has 0 atom stereocenters. The van der Waals surface area contributed by atoms with E-state index in [4.69, 9.17) is 0 Å². The average Bonchev–Trinajstić information content (AvgIpc) is 2.39. The molecule has 14 heavy (non-hydrogen) atoms. The van der Waals surface area contributed by atoms with Gasteiger partial charge in [0.05, 0.1) is 0 Å². The highest BCUT2D eigenvalue weighted by atomic mass is 127. The van der Waals surface area contributed by atoms with Gasteiger partial charge in [-0.3, -0.25) is 0 Å². The molecule has 1 nitrogen and oxygen atoms in total. The first-order valence-corrected chi connectivity index (χ1v) is 5.43. The van der Waals surface area contributed by atoms with Crippen molar-refractivity contribution >= 4 is 21.6 Å². The van der Waals surface area contributed by atoms with Crippen molar-refractivity contribution in [3.63, 3.8) is 0 Å². The fraction of sp³-hybridized carbons (Fsp3) is 0.364. The molecule has 0 fully saturated rings. The molecule has 2 rings (SSSR count). The van der Waals surface area contributed by atoms with E-state index in [0.29, 0.717) is 0 Å². The zero-order valence-corrected chi connectivity index (χ0v) is 11.6. The molecule has 3 heteroatoms. The van der Waals surface area contributed by atoms with Crippen molar-refractivity contribution < 1.29 is 28.5 Å². The highest BCUT2D eigenvalue weighted by molar-refractivity contribution is 7.18. The van der Waals surface area contributed by atoms with Crippen LogP contribution in [0.1, 0.15) is 17.5 Å². The average molecular weight is 319 g/mol. The van der Waals surface area contributed by atoms with Crippen LogP contribution < -0.4 is 28.5 Å². The molecule has 0 aliphatic carbocycles. The number of aryl methyl sites for hydroxylation is 3. The van der Waals surface area contributed by atoms with Crippen LogP contribution in [0.15, 0.2) is 18.2 Å². The molecule has 0 amide bonds. The maximum absolute atomic E-state index is 2.36. The normalized spacial score (nSPS) is 10.2. The van der Waals surface area contributed by atoms with Gasteiger partial charge in [-0.05, 0) is 25.5 Å². The van der Waals surface area contributed by atoms with E-state index < -0.39 is 0 Å². The third-order valence-corrected chi connectivity index (χ3v) is 3.42. The first kappa shape index (κ1) is 11.9. The maximum Gasteiger partial charge on any atom is 0.235 e. The number of halogens is 1. The van der Waals surface area contributed by atoms with Crippen LogP contribution in [0.2, 0.25) is 0 Å². The lowest BCUT2D eigenvalue weighted by molar-refractivity contribution is -0.669. The molecule has 0 radical (unpaired) electrons. The van der Waals surface area contributed by atoms with E-state index >= 15 is 0 Å². The fourth-order valence-corrected chi connectivity index (χ4v) is 2.89. The van der Waals surface area contributed by atoms with Gasteiger partial charge in [-0.2, -0.15) is 4.57 Å². The van der Waals surface area contributed by atoms with Gasteiger partial charge in [-0.15, -0.1) is 0 Å². The smallest absolute Gasteiger partial charge is 0.235 e. The van der Waals surface area contributed by atoms with Crippen LogP contribution in [0.3, 0.4) is 0 Å². The van der Waals surface area contributed by atoms with Crippen molar-refractivity contribution in [2.75, 3.05) is 0 Å². The maximum atomic E-state index is 2.36. The van der Waals surface area contributed by atoms with E-state index in [9.17, 15) is 0 Å². The molecule has 1 aromatic heterocycles. The number of aromatic nitrogens is 1. The van der Waals surface area contributed by atoms with Crippen LogP contribution in [0, 0.1) is 13.8 Å².